The molecule has 0 aliphatic heterocycles. The molecule has 0 fully saturated rings. The molecule has 0 unspecified atom stereocenters. The monoisotopic (exact) mass is 264 g/mol. The van der Waals surface area contributed by atoms with Gasteiger partial charge in [-0.1, -0.05) is 33.6 Å². The molecule has 0 saturated carbocycles. The zero-order valence-electron chi connectivity index (χ0n) is 12.1. The summed E-state index contributed by atoms with van der Waals surface area (Å²) >= 11 is 0. The van der Waals surface area contributed by atoms with Crippen LogP contribution >= 0.6 is 0 Å². The fraction of sp³-hybridized carbons (Fsp3) is 0.562. The van der Waals surface area contributed by atoms with Crippen LogP contribution in [0.3, 0.4) is 0 Å². The summed E-state index contributed by atoms with van der Waals surface area (Å²) in [5.41, 5.74) is 0.571. The highest BCUT2D eigenvalue weighted by atomic mass is 16.5. The van der Waals surface area contributed by atoms with Crippen molar-refractivity contribution in [1.29, 1.82) is 0 Å². The van der Waals surface area contributed by atoms with Gasteiger partial charge in [0.1, 0.15) is 5.75 Å². The van der Waals surface area contributed by atoms with E-state index in [-0.39, 0.29) is 5.97 Å². The molecule has 0 aromatic heterocycles. The first-order valence-corrected chi connectivity index (χ1v) is 7.03. The molecule has 3 heteroatoms. The van der Waals surface area contributed by atoms with Crippen LogP contribution in [0.25, 0.3) is 0 Å². The molecule has 0 saturated heterocycles. The van der Waals surface area contributed by atoms with Gasteiger partial charge in [0.05, 0.1) is 18.8 Å². The smallest absolute Gasteiger partial charge is 0.338 e. The lowest BCUT2D eigenvalue weighted by atomic mass is 10.2. The molecule has 0 bridgehead atoms. The lowest BCUT2D eigenvalue weighted by Crippen LogP contribution is -2.10. The van der Waals surface area contributed by atoms with Crippen molar-refractivity contribution in [2.75, 3.05) is 13.2 Å². The van der Waals surface area contributed by atoms with Gasteiger partial charge in [0, 0.05) is 0 Å². The van der Waals surface area contributed by atoms with E-state index in [4.69, 9.17) is 9.47 Å². The van der Waals surface area contributed by atoms with Gasteiger partial charge < -0.3 is 9.47 Å². The Labute approximate surface area is 115 Å². The van der Waals surface area contributed by atoms with Gasteiger partial charge >= 0.3 is 5.97 Å². The average molecular weight is 264 g/mol. The minimum absolute atomic E-state index is 0.272. The molecule has 106 valence electrons. The number of carbonyl (C=O) groups is 1. The minimum Gasteiger partial charge on any atom is -0.494 e. The third kappa shape index (κ3) is 6.27. The molecule has 0 amide bonds. The molecule has 0 radical (unpaired) electrons. The van der Waals surface area contributed by atoms with Gasteiger partial charge in [-0.15, -0.1) is 0 Å². The van der Waals surface area contributed by atoms with E-state index in [9.17, 15) is 4.79 Å². The highest BCUT2D eigenvalue weighted by Gasteiger charge is 2.07. The van der Waals surface area contributed by atoms with Gasteiger partial charge in [-0.05, 0) is 36.6 Å². The second-order valence-corrected chi connectivity index (χ2v) is 5.07. The minimum atomic E-state index is -0.272. The van der Waals surface area contributed by atoms with E-state index in [2.05, 4.69) is 6.92 Å². The van der Waals surface area contributed by atoms with Gasteiger partial charge in [0.2, 0.25) is 0 Å². The van der Waals surface area contributed by atoms with Gasteiger partial charge in [-0.2, -0.15) is 0 Å². The van der Waals surface area contributed by atoms with Crippen LogP contribution < -0.4 is 4.74 Å². The van der Waals surface area contributed by atoms with Crippen molar-refractivity contribution in [2.24, 2.45) is 5.92 Å². The van der Waals surface area contributed by atoms with Crippen molar-refractivity contribution in [1.82, 2.24) is 0 Å². The van der Waals surface area contributed by atoms with Gasteiger partial charge in [0.15, 0.2) is 0 Å². The van der Waals surface area contributed by atoms with Gasteiger partial charge in [-0.3, -0.25) is 0 Å². The summed E-state index contributed by atoms with van der Waals surface area (Å²) in [6, 6.07) is 7.13. The lowest BCUT2D eigenvalue weighted by molar-refractivity contribution is 0.0459. The van der Waals surface area contributed by atoms with Crippen LogP contribution in [0.2, 0.25) is 0 Å². The first-order valence-electron chi connectivity index (χ1n) is 7.03. The van der Waals surface area contributed by atoms with Crippen molar-refractivity contribution in [3.8, 4) is 5.75 Å². The number of benzene rings is 1. The van der Waals surface area contributed by atoms with E-state index in [1.807, 2.05) is 26.0 Å². The molecule has 0 spiro atoms. The molecule has 0 atom stereocenters. The van der Waals surface area contributed by atoms with Crippen LogP contribution in [0.4, 0.5) is 0 Å². The molecule has 19 heavy (non-hydrogen) atoms. The largest absolute Gasteiger partial charge is 0.494 e. The van der Waals surface area contributed by atoms with Crippen LogP contribution in [0.15, 0.2) is 24.3 Å². The summed E-state index contributed by atoms with van der Waals surface area (Å²) in [7, 11) is 0. The van der Waals surface area contributed by atoms with Crippen molar-refractivity contribution in [3.05, 3.63) is 29.8 Å². The van der Waals surface area contributed by atoms with E-state index in [0.29, 0.717) is 18.1 Å². The molecular weight excluding hydrogens is 240 g/mol. The Morgan fingerprint density at radius 2 is 1.84 bits per heavy atom. The van der Waals surface area contributed by atoms with Gasteiger partial charge in [0.25, 0.3) is 0 Å². The molecular formula is C16H24O3. The Kier molecular flexibility index (Phi) is 7.01. The van der Waals surface area contributed by atoms with Crippen molar-refractivity contribution < 1.29 is 14.3 Å². The standard InChI is InChI=1S/C16H24O3/c1-4-5-6-11-18-15-9-7-14(8-10-15)16(17)19-12-13(2)3/h7-10,13H,4-6,11-12H2,1-3H3. The zero-order chi connectivity index (χ0) is 14.1. The van der Waals surface area contributed by atoms with Crippen LogP contribution in [0.1, 0.15) is 50.4 Å². The number of hydrogen-bond donors (Lipinski definition) is 0. The number of rotatable bonds is 8. The number of carbonyl (C=O) groups excluding carboxylic acids is 1. The Morgan fingerprint density at radius 1 is 1.16 bits per heavy atom. The van der Waals surface area contributed by atoms with Crippen LogP contribution in [0.5, 0.6) is 5.75 Å². The fourth-order valence-electron chi connectivity index (χ4n) is 1.56. The predicted octanol–water partition coefficient (Wildman–Crippen LogP) is 4.07. The number of esters is 1. The highest BCUT2D eigenvalue weighted by Crippen LogP contribution is 2.14. The van der Waals surface area contributed by atoms with Crippen molar-refractivity contribution in [2.45, 2.75) is 40.0 Å². The van der Waals surface area contributed by atoms with Gasteiger partial charge in [-0.25, -0.2) is 4.79 Å². The Bertz CT molecular complexity index is 368. The predicted molar refractivity (Wildman–Crippen MR) is 76.6 cm³/mol. The maximum absolute atomic E-state index is 11.7. The molecule has 0 N–H and O–H groups in total. The second-order valence-electron chi connectivity index (χ2n) is 5.07. The topological polar surface area (TPSA) is 35.5 Å². The average Bonchev–Trinajstić information content (AvgIpc) is 2.41. The first-order chi connectivity index (χ1) is 9.13. The number of unbranched alkanes of at least 4 members (excludes halogenated alkanes) is 2. The first kappa shape index (κ1) is 15.5. The maximum Gasteiger partial charge on any atom is 0.338 e. The molecule has 1 aromatic rings. The third-order valence-corrected chi connectivity index (χ3v) is 2.65. The molecule has 1 aromatic carbocycles. The quantitative estimate of drug-likeness (QED) is 0.524. The third-order valence-electron chi connectivity index (χ3n) is 2.65. The summed E-state index contributed by atoms with van der Waals surface area (Å²) in [6.45, 7) is 7.37. The summed E-state index contributed by atoms with van der Waals surface area (Å²) in [6.07, 6.45) is 3.43. The number of ether oxygens (including phenoxy) is 2. The molecule has 3 nitrogen and oxygen atoms in total. The fourth-order valence-corrected chi connectivity index (χ4v) is 1.56. The van der Waals surface area contributed by atoms with Crippen molar-refractivity contribution in [3.63, 3.8) is 0 Å². The molecule has 0 heterocycles. The summed E-state index contributed by atoms with van der Waals surface area (Å²) in [5.74, 6) is 0.882. The molecule has 1 rings (SSSR count). The van der Waals surface area contributed by atoms with Crippen molar-refractivity contribution >= 4 is 5.97 Å². The van der Waals surface area contributed by atoms with Crippen LogP contribution in [-0.4, -0.2) is 19.2 Å². The highest BCUT2D eigenvalue weighted by molar-refractivity contribution is 5.89. The Hall–Kier alpha value is -1.51. The second kappa shape index (κ2) is 8.57. The summed E-state index contributed by atoms with van der Waals surface area (Å²) in [5, 5.41) is 0. The summed E-state index contributed by atoms with van der Waals surface area (Å²) < 4.78 is 10.8. The number of hydrogen-bond acceptors (Lipinski definition) is 3. The van der Waals surface area contributed by atoms with E-state index < -0.39 is 0 Å². The lowest BCUT2D eigenvalue weighted by Gasteiger charge is -2.08. The van der Waals surface area contributed by atoms with Crippen LogP contribution in [-0.2, 0) is 4.74 Å². The summed E-state index contributed by atoms with van der Waals surface area (Å²) in [4.78, 5) is 11.7. The van der Waals surface area contributed by atoms with E-state index >= 15 is 0 Å². The van der Waals surface area contributed by atoms with E-state index in [1.54, 1.807) is 12.1 Å². The van der Waals surface area contributed by atoms with Crippen LogP contribution in [0, 0.1) is 5.92 Å². The maximum atomic E-state index is 11.7. The molecule has 0 aliphatic carbocycles. The molecule has 0 aliphatic rings. The Morgan fingerprint density at radius 3 is 2.42 bits per heavy atom. The van der Waals surface area contributed by atoms with E-state index in [0.717, 1.165) is 18.8 Å². The normalized spacial score (nSPS) is 10.5. The zero-order valence-corrected chi connectivity index (χ0v) is 12.1. The SMILES string of the molecule is CCCCCOc1ccc(C(=O)OCC(C)C)cc1. The Balaban J connectivity index is 2.40. The van der Waals surface area contributed by atoms with E-state index in [1.165, 1.54) is 12.8 Å².